The highest BCUT2D eigenvalue weighted by Gasteiger charge is 2.21. The molecule has 0 aliphatic heterocycles. The summed E-state index contributed by atoms with van der Waals surface area (Å²) >= 11 is 1.84. The average molecular weight is 823 g/mol. The molecule has 9 aromatic carbocycles. The number of para-hydroxylation sites is 2. The van der Waals surface area contributed by atoms with E-state index in [4.69, 9.17) is 19.4 Å². The second-order valence-corrected chi connectivity index (χ2v) is 17.0. The van der Waals surface area contributed by atoms with Gasteiger partial charge in [0.15, 0.2) is 17.5 Å². The Hall–Kier alpha value is -8.19. The summed E-state index contributed by atoms with van der Waals surface area (Å²) in [6.45, 7) is 0. The standard InChI is InChI=1S/C57H34N4OS/c1-3-14-35(15-4-1)37-26-31-47(50(32-37)61-48-23-10-7-18-41(48)42-19-8-11-24-49(42)61)57-59-55(36-16-5-2-6-17-36)58-56(60-57)39-28-30-44-43-29-27-38(33-51(43)62-52(44)34-39)40-21-13-22-46-45-20-9-12-25-53(45)63-54(40)46/h1-34H. The van der Waals surface area contributed by atoms with Gasteiger partial charge in [0, 0.05) is 58.4 Å². The van der Waals surface area contributed by atoms with Crippen LogP contribution in [0.25, 0.3) is 126 Å². The van der Waals surface area contributed by atoms with Crippen molar-refractivity contribution in [3.63, 3.8) is 0 Å². The minimum atomic E-state index is 0.568. The van der Waals surface area contributed by atoms with Gasteiger partial charge in [-0.05, 0) is 76.9 Å². The first-order valence-electron chi connectivity index (χ1n) is 21.1. The molecule has 0 saturated heterocycles. The first-order valence-corrected chi connectivity index (χ1v) is 21.9. The van der Waals surface area contributed by atoms with Crippen LogP contribution in [0.3, 0.4) is 0 Å². The Labute approximate surface area is 365 Å². The minimum Gasteiger partial charge on any atom is -0.456 e. The molecule has 6 heteroatoms. The van der Waals surface area contributed by atoms with Crippen LogP contribution in [0.2, 0.25) is 0 Å². The molecule has 0 aliphatic carbocycles. The van der Waals surface area contributed by atoms with E-state index in [1.165, 1.54) is 36.5 Å². The molecule has 63 heavy (non-hydrogen) atoms. The molecule has 294 valence electrons. The fourth-order valence-corrected chi connectivity index (χ4v) is 10.5. The Morgan fingerprint density at radius 2 is 0.905 bits per heavy atom. The average Bonchev–Trinajstić information content (AvgIpc) is 4.03. The number of fused-ring (bicyclic) bond motifs is 9. The molecule has 0 fully saturated rings. The first kappa shape index (κ1) is 35.6. The third-order valence-corrected chi connectivity index (χ3v) is 13.5. The highest BCUT2D eigenvalue weighted by molar-refractivity contribution is 7.26. The maximum Gasteiger partial charge on any atom is 0.166 e. The molecule has 0 radical (unpaired) electrons. The smallest absolute Gasteiger partial charge is 0.166 e. The Kier molecular flexibility index (Phi) is 8.01. The van der Waals surface area contributed by atoms with E-state index in [9.17, 15) is 0 Å². The summed E-state index contributed by atoms with van der Waals surface area (Å²) < 4.78 is 11.6. The maximum atomic E-state index is 6.71. The summed E-state index contributed by atoms with van der Waals surface area (Å²) in [6.07, 6.45) is 0. The van der Waals surface area contributed by atoms with Gasteiger partial charge in [0.05, 0.1) is 16.7 Å². The molecule has 0 aliphatic rings. The molecule has 0 bridgehead atoms. The highest BCUT2D eigenvalue weighted by Crippen LogP contribution is 2.42. The largest absolute Gasteiger partial charge is 0.456 e. The molecule has 0 amide bonds. The van der Waals surface area contributed by atoms with Crippen LogP contribution in [0.1, 0.15) is 0 Å². The molecule has 4 aromatic heterocycles. The van der Waals surface area contributed by atoms with Gasteiger partial charge in [-0.3, -0.25) is 0 Å². The predicted octanol–water partition coefficient (Wildman–Crippen LogP) is 15.6. The Balaban J connectivity index is 0.991. The molecular formula is C57H34N4OS. The minimum absolute atomic E-state index is 0.568. The first-order chi connectivity index (χ1) is 31.2. The lowest BCUT2D eigenvalue weighted by atomic mass is 10.0. The lowest BCUT2D eigenvalue weighted by molar-refractivity contribution is 0.669. The number of furan rings is 1. The third kappa shape index (κ3) is 5.80. The molecule has 0 unspecified atom stereocenters. The number of benzene rings is 9. The molecule has 13 rings (SSSR count). The number of thiophene rings is 1. The zero-order valence-corrected chi connectivity index (χ0v) is 34.6. The molecule has 13 aromatic rings. The summed E-state index contributed by atoms with van der Waals surface area (Å²) in [5.74, 6) is 1.75. The summed E-state index contributed by atoms with van der Waals surface area (Å²) in [4.78, 5) is 15.7. The van der Waals surface area contributed by atoms with Crippen LogP contribution < -0.4 is 0 Å². The van der Waals surface area contributed by atoms with E-state index >= 15 is 0 Å². The van der Waals surface area contributed by atoms with Crippen molar-refractivity contribution >= 4 is 75.3 Å². The monoisotopic (exact) mass is 822 g/mol. The Morgan fingerprint density at radius 3 is 1.63 bits per heavy atom. The summed E-state index contributed by atoms with van der Waals surface area (Å²) in [6, 6.07) is 72.6. The zero-order valence-electron chi connectivity index (χ0n) is 33.7. The van der Waals surface area contributed by atoms with E-state index in [0.717, 1.165) is 72.0 Å². The number of nitrogens with zero attached hydrogens (tertiary/aromatic N) is 4. The van der Waals surface area contributed by atoms with Crippen LogP contribution in [0.4, 0.5) is 0 Å². The van der Waals surface area contributed by atoms with Crippen molar-refractivity contribution in [2.24, 2.45) is 0 Å². The van der Waals surface area contributed by atoms with Gasteiger partial charge in [0.2, 0.25) is 0 Å². The van der Waals surface area contributed by atoms with Crippen LogP contribution >= 0.6 is 11.3 Å². The van der Waals surface area contributed by atoms with Crippen molar-refractivity contribution < 1.29 is 4.42 Å². The number of aromatic nitrogens is 4. The van der Waals surface area contributed by atoms with Crippen LogP contribution in [0.15, 0.2) is 211 Å². The van der Waals surface area contributed by atoms with E-state index in [2.05, 4.69) is 193 Å². The van der Waals surface area contributed by atoms with Crippen molar-refractivity contribution in [3.05, 3.63) is 206 Å². The second kappa shape index (κ2) is 14.2. The topological polar surface area (TPSA) is 56.7 Å². The molecule has 0 atom stereocenters. The van der Waals surface area contributed by atoms with Crippen molar-refractivity contribution in [1.29, 1.82) is 0 Å². The van der Waals surface area contributed by atoms with Gasteiger partial charge < -0.3 is 8.98 Å². The quantitative estimate of drug-likeness (QED) is 0.168. The SMILES string of the molecule is c1ccc(-c2ccc(-c3nc(-c4ccccc4)nc(-c4ccc5c(c4)oc4cc(-c6cccc7c6sc6ccccc67)ccc45)n3)c(-n3c4ccccc4c4ccccc43)c2)cc1. The lowest BCUT2D eigenvalue weighted by Gasteiger charge is -2.16. The van der Waals surface area contributed by atoms with Crippen molar-refractivity contribution in [1.82, 2.24) is 19.5 Å². The van der Waals surface area contributed by atoms with Crippen molar-refractivity contribution in [3.8, 4) is 62.1 Å². The van der Waals surface area contributed by atoms with Crippen molar-refractivity contribution in [2.45, 2.75) is 0 Å². The van der Waals surface area contributed by atoms with Gasteiger partial charge >= 0.3 is 0 Å². The van der Waals surface area contributed by atoms with Crippen LogP contribution in [-0.4, -0.2) is 19.5 Å². The summed E-state index contributed by atoms with van der Waals surface area (Å²) in [5.41, 5.74) is 12.1. The highest BCUT2D eigenvalue weighted by atomic mass is 32.1. The van der Waals surface area contributed by atoms with Crippen LogP contribution in [0.5, 0.6) is 0 Å². The van der Waals surface area contributed by atoms with Gasteiger partial charge in [-0.2, -0.15) is 0 Å². The molecule has 0 N–H and O–H groups in total. The molecule has 0 spiro atoms. The Morgan fingerprint density at radius 1 is 0.349 bits per heavy atom. The van der Waals surface area contributed by atoms with Crippen molar-refractivity contribution in [2.75, 3.05) is 0 Å². The van der Waals surface area contributed by atoms with Gasteiger partial charge in [-0.1, -0.05) is 152 Å². The number of hydrogen-bond donors (Lipinski definition) is 0. The third-order valence-electron chi connectivity index (χ3n) is 12.3. The predicted molar refractivity (Wildman–Crippen MR) is 262 cm³/mol. The zero-order chi connectivity index (χ0) is 41.4. The number of rotatable bonds is 6. The summed E-state index contributed by atoms with van der Waals surface area (Å²) in [7, 11) is 0. The maximum absolute atomic E-state index is 6.71. The van der Waals surface area contributed by atoms with E-state index in [1.807, 2.05) is 29.5 Å². The molecule has 4 heterocycles. The lowest BCUT2D eigenvalue weighted by Crippen LogP contribution is -2.04. The normalized spacial score (nSPS) is 11.8. The van der Waals surface area contributed by atoms with E-state index in [-0.39, 0.29) is 0 Å². The fraction of sp³-hybridized carbons (Fsp3) is 0. The van der Waals surface area contributed by atoms with E-state index in [1.54, 1.807) is 0 Å². The molecule has 0 saturated carbocycles. The van der Waals surface area contributed by atoms with Gasteiger partial charge in [-0.25, -0.2) is 15.0 Å². The Bertz CT molecular complexity index is 3870. The van der Waals surface area contributed by atoms with Gasteiger partial charge in [0.1, 0.15) is 11.2 Å². The van der Waals surface area contributed by atoms with E-state index in [0.29, 0.717) is 17.5 Å². The van der Waals surface area contributed by atoms with Gasteiger partial charge in [-0.15, -0.1) is 11.3 Å². The summed E-state index contributed by atoms with van der Waals surface area (Å²) in [5, 5.41) is 7.06. The van der Waals surface area contributed by atoms with Crippen LogP contribution in [-0.2, 0) is 0 Å². The van der Waals surface area contributed by atoms with Crippen LogP contribution in [0, 0.1) is 0 Å². The molecular weight excluding hydrogens is 789 g/mol. The molecule has 5 nitrogen and oxygen atoms in total. The number of hydrogen-bond acceptors (Lipinski definition) is 5. The second-order valence-electron chi connectivity index (χ2n) is 15.9. The van der Waals surface area contributed by atoms with E-state index < -0.39 is 0 Å². The van der Waals surface area contributed by atoms with Gasteiger partial charge in [0.25, 0.3) is 0 Å². The fourth-order valence-electron chi connectivity index (χ4n) is 9.30.